The molecule has 2 heterocycles. The lowest BCUT2D eigenvalue weighted by Gasteiger charge is -2.18. The van der Waals surface area contributed by atoms with Crippen molar-refractivity contribution in [2.45, 2.75) is 27.7 Å². The highest BCUT2D eigenvalue weighted by Gasteiger charge is 2.27. The average Bonchev–Trinajstić information content (AvgIpc) is 2.80. The number of aromatic nitrogens is 3. The number of hydrogen-bond donors (Lipinski definition) is 1. The monoisotopic (exact) mass is 286 g/mol. The zero-order valence-corrected chi connectivity index (χ0v) is 12.3. The van der Waals surface area contributed by atoms with E-state index in [9.17, 15) is 4.79 Å². The van der Waals surface area contributed by atoms with E-state index in [0.717, 1.165) is 10.7 Å². The maximum atomic E-state index is 11.9. The van der Waals surface area contributed by atoms with Crippen LogP contribution in [0.25, 0.3) is 4.96 Å². The highest BCUT2D eigenvalue weighted by atomic mass is 35.5. The van der Waals surface area contributed by atoms with Crippen molar-refractivity contribution in [2.75, 3.05) is 11.2 Å². The molecule has 0 unspecified atom stereocenters. The first-order valence-electron chi connectivity index (χ1n) is 5.55. The second-order valence-corrected chi connectivity index (χ2v) is 6.29. The largest absolute Gasteiger partial charge is 0.293 e. The maximum absolute atomic E-state index is 11.9. The topological polar surface area (TPSA) is 59.3 Å². The molecule has 2 rings (SSSR count). The van der Waals surface area contributed by atoms with E-state index in [1.165, 1.54) is 4.88 Å². The standard InChI is InChI=1S/C11H15ClN4OS/c1-6-7(2)18-10-14-9(15-16(6)10)13-8(17)11(3,4)5-12/h5H2,1-4H3,(H,13,15,17). The number of nitrogens with one attached hydrogen (secondary N) is 1. The number of halogens is 1. The molecule has 0 bridgehead atoms. The molecule has 0 aliphatic carbocycles. The molecule has 1 amide bonds. The van der Waals surface area contributed by atoms with Crippen LogP contribution in [0.1, 0.15) is 24.4 Å². The number of fused-ring (bicyclic) bond motifs is 1. The third kappa shape index (κ3) is 2.22. The second-order valence-electron chi connectivity index (χ2n) is 4.85. The Morgan fingerprint density at radius 1 is 1.50 bits per heavy atom. The highest BCUT2D eigenvalue weighted by Crippen LogP contribution is 2.23. The van der Waals surface area contributed by atoms with Gasteiger partial charge in [0.25, 0.3) is 0 Å². The van der Waals surface area contributed by atoms with Crippen LogP contribution in [-0.2, 0) is 4.79 Å². The van der Waals surface area contributed by atoms with E-state index in [4.69, 9.17) is 11.6 Å². The number of rotatable bonds is 3. The summed E-state index contributed by atoms with van der Waals surface area (Å²) < 4.78 is 1.74. The van der Waals surface area contributed by atoms with E-state index < -0.39 is 5.41 Å². The fraction of sp³-hybridized carbons (Fsp3) is 0.545. The summed E-state index contributed by atoms with van der Waals surface area (Å²) in [6.45, 7) is 7.55. The number of hydrogen-bond acceptors (Lipinski definition) is 4. The van der Waals surface area contributed by atoms with Crippen molar-refractivity contribution in [2.24, 2.45) is 5.41 Å². The number of carbonyl (C=O) groups excluding carboxylic acids is 1. The van der Waals surface area contributed by atoms with Crippen molar-refractivity contribution < 1.29 is 4.79 Å². The van der Waals surface area contributed by atoms with Crippen molar-refractivity contribution in [1.82, 2.24) is 14.6 Å². The molecule has 0 radical (unpaired) electrons. The maximum Gasteiger partial charge on any atom is 0.250 e. The van der Waals surface area contributed by atoms with Crippen LogP contribution < -0.4 is 5.32 Å². The van der Waals surface area contributed by atoms with Crippen LogP contribution in [0, 0.1) is 19.3 Å². The van der Waals surface area contributed by atoms with Crippen LogP contribution >= 0.6 is 22.9 Å². The Morgan fingerprint density at radius 2 is 2.17 bits per heavy atom. The Hall–Kier alpha value is -1.14. The van der Waals surface area contributed by atoms with Gasteiger partial charge in [0.05, 0.1) is 11.1 Å². The molecule has 5 nitrogen and oxygen atoms in total. The number of aryl methyl sites for hydroxylation is 2. The fourth-order valence-corrected chi connectivity index (χ4v) is 2.35. The van der Waals surface area contributed by atoms with Crippen molar-refractivity contribution >= 4 is 39.8 Å². The van der Waals surface area contributed by atoms with Gasteiger partial charge in [-0.15, -0.1) is 16.7 Å². The van der Waals surface area contributed by atoms with Crippen molar-refractivity contribution in [3.8, 4) is 0 Å². The zero-order valence-electron chi connectivity index (χ0n) is 10.7. The van der Waals surface area contributed by atoms with Gasteiger partial charge in [-0.1, -0.05) is 11.3 Å². The molecule has 0 spiro atoms. The van der Waals surface area contributed by atoms with E-state index in [0.29, 0.717) is 5.95 Å². The summed E-state index contributed by atoms with van der Waals surface area (Å²) in [6.07, 6.45) is 0. The lowest BCUT2D eigenvalue weighted by molar-refractivity contribution is -0.123. The minimum atomic E-state index is -0.634. The smallest absolute Gasteiger partial charge is 0.250 e. The summed E-state index contributed by atoms with van der Waals surface area (Å²) in [7, 11) is 0. The van der Waals surface area contributed by atoms with Gasteiger partial charge in [0.2, 0.25) is 16.8 Å². The SMILES string of the molecule is Cc1sc2nc(NC(=O)C(C)(C)CCl)nn2c1C. The van der Waals surface area contributed by atoms with Gasteiger partial charge in [-0.3, -0.25) is 10.1 Å². The molecule has 2 aromatic rings. The Kier molecular flexibility index (Phi) is 3.33. The predicted octanol–water partition coefficient (Wildman–Crippen LogP) is 2.61. The Morgan fingerprint density at radius 3 is 2.72 bits per heavy atom. The van der Waals surface area contributed by atoms with Gasteiger partial charge in [0.15, 0.2) is 0 Å². The summed E-state index contributed by atoms with van der Waals surface area (Å²) >= 11 is 7.30. The lowest BCUT2D eigenvalue weighted by atomic mass is 9.95. The fourth-order valence-electron chi connectivity index (χ4n) is 1.33. The van der Waals surface area contributed by atoms with Crippen LogP contribution in [0.3, 0.4) is 0 Å². The second kappa shape index (κ2) is 4.51. The molecule has 1 N–H and O–H groups in total. The third-order valence-electron chi connectivity index (χ3n) is 2.82. The molecule has 18 heavy (non-hydrogen) atoms. The molecule has 98 valence electrons. The van der Waals surface area contributed by atoms with Gasteiger partial charge >= 0.3 is 0 Å². The van der Waals surface area contributed by atoms with E-state index in [1.807, 2.05) is 13.8 Å². The first-order valence-corrected chi connectivity index (χ1v) is 6.90. The summed E-state index contributed by atoms with van der Waals surface area (Å²) in [6, 6.07) is 0. The predicted molar refractivity (Wildman–Crippen MR) is 73.5 cm³/mol. The quantitative estimate of drug-likeness (QED) is 0.883. The molecule has 0 saturated heterocycles. The molecule has 7 heteroatoms. The zero-order chi connectivity index (χ0) is 13.5. The molecule has 0 fully saturated rings. The normalized spacial score (nSPS) is 12.1. The van der Waals surface area contributed by atoms with Crippen LogP contribution in [0.2, 0.25) is 0 Å². The van der Waals surface area contributed by atoms with Crippen LogP contribution in [0.5, 0.6) is 0 Å². The van der Waals surface area contributed by atoms with Crippen molar-refractivity contribution in [3.63, 3.8) is 0 Å². The van der Waals surface area contributed by atoms with Gasteiger partial charge in [-0.25, -0.2) is 4.52 Å². The number of thiazole rings is 1. The van der Waals surface area contributed by atoms with Gasteiger partial charge in [-0.2, -0.15) is 4.98 Å². The van der Waals surface area contributed by atoms with E-state index in [1.54, 1.807) is 29.7 Å². The number of alkyl halides is 1. The number of nitrogens with zero attached hydrogens (tertiary/aromatic N) is 3. The van der Waals surface area contributed by atoms with E-state index >= 15 is 0 Å². The van der Waals surface area contributed by atoms with Gasteiger partial charge in [0.1, 0.15) is 0 Å². The Labute approximate surface area is 114 Å². The summed E-state index contributed by atoms with van der Waals surface area (Å²) in [5.41, 5.74) is 0.408. The molecule has 0 atom stereocenters. The van der Waals surface area contributed by atoms with E-state index in [2.05, 4.69) is 15.4 Å². The summed E-state index contributed by atoms with van der Waals surface area (Å²) in [5.74, 6) is 0.400. The first-order chi connectivity index (χ1) is 8.35. The van der Waals surface area contributed by atoms with Crippen LogP contribution in [0.4, 0.5) is 5.95 Å². The minimum Gasteiger partial charge on any atom is -0.293 e. The Balaban J connectivity index is 2.25. The van der Waals surface area contributed by atoms with E-state index in [-0.39, 0.29) is 11.8 Å². The molecule has 0 aliphatic heterocycles. The lowest BCUT2D eigenvalue weighted by Crippen LogP contribution is -2.32. The molecule has 2 aromatic heterocycles. The summed E-state index contributed by atoms with van der Waals surface area (Å²) in [4.78, 5) is 18.2. The Bertz CT molecular complexity index is 601. The van der Waals surface area contributed by atoms with Gasteiger partial charge in [-0.05, 0) is 27.7 Å². The average molecular weight is 287 g/mol. The summed E-state index contributed by atoms with van der Waals surface area (Å²) in [5, 5.41) is 6.96. The minimum absolute atomic E-state index is 0.176. The third-order valence-corrected chi connectivity index (χ3v) is 4.54. The number of carbonyl (C=O) groups is 1. The molecule has 0 saturated carbocycles. The van der Waals surface area contributed by atoms with Crippen LogP contribution in [-0.4, -0.2) is 26.4 Å². The molecular formula is C11H15ClN4OS. The van der Waals surface area contributed by atoms with Crippen molar-refractivity contribution in [1.29, 1.82) is 0 Å². The number of amides is 1. The number of anilines is 1. The molecular weight excluding hydrogens is 272 g/mol. The van der Waals surface area contributed by atoms with Crippen LogP contribution in [0.15, 0.2) is 0 Å². The van der Waals surface area contributed by atoms with Gasteiger partial charge in [0, 0.05) is 10.8 Å². The highest BCUT2D eigenvalue weighted by molar-refractivity contribution is 7.17. The molecule has 0 aromatic carbocycles. The van der Waals surface area contributed by atoms with Gasteiger partial charge < -0.3 is 0 Å². The molecule has 0 aliphatic rings. The van der Waals surface area contributed by atoms with Crippen molar-refractivity contribution in [3.05, 3.63) is 10.6 Å². The first kappa shape index (κ1) is 13.3.